The van der Waals surface area contributed by atoms with Crippen LogP contribution in [0.15, 0.2) is 29.2 Å². The van der Waals surface area contributed by atoms with Crippen LogP contribution in [0.1, 0.15) is 23.2 Å². The SMILES string of the molecule is N#CCCCOC(=O)c1ccc(S(=O)(=O)N2CCOCC2)cc1. The second-order valence-corrected chi connectivity index (χ2v) is 6.88. The maximum absolute atomic E-state index is 12.4. The minimum atomic E-state index is -3.56. The molecule has 0 atom stereocenters. The molecule has 1 saturated heterocycles. The van der Waals surface area contributed by atoms with Crippen LogP contribution >= 0.6 is 0 Å². The van der Waals surface area contributed by atoms with Crippen LogP contribution in [0, 0.1) is 11.3 Å². The van der Waals surface area contributed by atoms with Crippen molar-refractivity contribution in [3.63, 3.8) is 0 Å². The average molecular weight is 338 g/mol. The number of rotatable bonds is 6. The van der Waals surface area contributed by atoms with Gasteiger partial charge in [-0.25, -0.2) is 13.2 Å². The van der Waals surface area contributed by atoms with Crippen molar-refractivity contribution in [3.8, 4) is 6.07 Å². The molecule has 1 aromatic carbocycles. The zero-order valence-electron chi connectivity index (χ0n) is 12.6. The summed E-state index contributed by atoms with van der Waals surface area (Å²) in [5.74, 6) is -0.529. The van der Waals surface area contributed by atoms with Crippen molar-refractivity contribution in [2.24, 2.45) is 0 Å². The highest BCUT2D eigenvalue weighted by Gasteiger charge is 2.26. The van der Waals surface area contributed by atoms with Crippen molar-refractivity contribution in [1.82, 2.24) is 4.31 Å². The second-order valence-electron chi connectivity index (χ2n) is 4.94. The van der Waals surface area contributed by atoms with Gasteiger partial charge in [0.05, 0.1) is 36.3 Å². The first-order chi connectivity index (χ1) is 11.1. The van der Waals surface area contributed by atoms with E-state index in [1.165, 1.54) is 28.6 Å². The number of morpholine rings is 1. The number of carbonyl (C=O) groups is 1. The smallest absolute Gasteiger partial charge is 0.338 e. The van der Waals surface area contributed by atoms with Crippen LogP contribution in [0.4, 0.5) is 0 Å². The van der Waals surface area contributed by atoms with Gasteiger partial charge in [-0.15, -0.1) is 0 Å². The number of ether oxygens (including phenoxy) is 2. The van der Waals surface area contributed by atoms with E-state index in [2.05, 4.69) is 0 Å². The minimum absolute atomic E-state index is 0.139. The predicted octanol–water partition coefficient (Wildman–Crippen LogP) is 1.17. The molecule has 0 N–H and O–H groups in total. The molecule has 1 aliphatic rings. The van der Waals surface area contributed by atoms with Gasteiger partial charge in [-0.2, -0.15) is 9.57 Å². The van der Waals surface area contributed by atoms with Gasteiger partial charge >= 0.3 is 5.97 Å². The molecule has 2 rings (SSSR count). The fraction of sp³-hybridized carbons (Fsp3) is 0.467. The van der Waals surface area contributed by atoms with Crippen molar-refractivity contribution >= 4 is 16.0 Å². The van der Waals surface area contributed by atoms with Crippen molar-refractivity contribution in [2.45, 2.75) is 17.7 Å². The Kier molecular flexibility index (Phi) is 6.10. The van der Waals surface area contributed by atoms with Gasteiger partial charge in [0, 0.05) is 19.5 Å². The van der Waals surface area contributed by atoms with Gasteiger partial charge in [0.25, 0.3) is 0 Å². The topological polar surface area (TPSA) is 96.7 Å². The molecule has 1 aliphatic heterocycles. The van der Waals surface area contributed by atoms with Gasteiger partial charge in [-0.05, 0) is 30.7 Å². The lowest BCUT2D eigenvalue weighted by Crippen LogP contribution is -2.40. The summed E-state index contributed by atoms with van der Waals surface area (Å²) in [5.41, 5.74) is 0.280. The number of sulfonamides is 1. The van der Waals surface area contributed by atoms with Crippen LogP contribution in [-0.4, -0.2) is 51.6 Å². The Morgan fingerprint density at radius 2 is 1.91 bits per heavy atom. The monoisotopic (exact) mass is 338 g/mol. The van der Waals surface area contributed by atoms with E-state index < -0.39 is 16.0 Å². The third-order valence-electron chi connectivity index (χ3n) is 3.36. The fourth-order valence-electron chi connectivity index (χ4n) is 2.10. The van der Waals surface area contributed by atoms with Crippen LogP contribution in [-0.2, 0) is 19.5 Å². The molecule has 1 fully saturated rings. The normalized spacial score (nSPS) is 15.8. The minimum Gasteiger partial charge on any atom is -0.462 e. The molecule has 0 aromatic heterocycles. The summed E-state index contributed by atoms with van der Waals surface area (Å²) in [6.07, 6.45) is 0.801. The molecule has 8 heteroatoms. The predicted molar refractivity (Wildman–Crippen MR) is 81.1 cm³/mol. The lowest BCUT2D eigenvalue weighted by atomic mass is 10.2. The Bertz CT molecular complexity index is 673. The van der Waals surface area contributed by atoms with E-state index in [1.54, 1.807) is 0 Å². The maximum atomic E-state index is 12.4. The molecule has 0 bridgehead atoms. The van der Waals surface area contributed by atoms with E-state index >= 15 is 0 Å². The largest absolute Gasteiger partial charge is 0.462 e. The van der Waals surface area contributed by atoms with Crippen LogP contribution < -0.4 is 0 Å². The summed E-state index contributed by atoms with van der Waals surface area (Å²) in [4.78, 5) is 11.9. The van der Waals surface area contributed by atoms with Crippen molar-refractivity contribution < 1.29 is 22.7 Å². The van der Waals surface area contributed by atoms with Crippen molar-refractivity contribution in [3.05, 3.63) is 29.8 Å². The van der Waals surface area contributed by atoms with Gasteiger partial charge in [-0.1, -0.05) is 0 Å². The number of hydrogen-bond acceptors (Lipinski definition) is 6. The van der Waals surface area contributed by atoms with Crippen LogP contribution in [0.3, 0.4) is 0 Å². The summed E-state index contributed by atoms with van der Waals surface area (Å²) in [5, 5.41) is 8.40. The number of benzene rings is 1. The number of esters is 1. The Morgan fingerprint density at radius 1 is 1.26 bits per heavy atom. The van der Waals surface area contributed by atoms with Gasteiger partial charge in [-0.3, -0.25) is 0 Å². The molecule has 23 heavy (non-hydrogen) atoms. The maximum Gasteiger partial charge on any atom is 0.338 e. The van der Waals surface area contributed by atoms with Crippen molar-refractivity contribution in [1.29, 1.82) is 5.26 Å². The molecule has 1 aromatic rings. The lowest BCUT2D eigenvalue weighted by molar-refractivity contribution is 0.0501. The Hall–Kier alpha value is -1.95. The highest BCUT2D eigenvalue weighted by atomic mass is 32.2. The first-order valence-corrected chi connectivity index (χ1v) is 8.72. The number of carbonyl (C=O) groups excluding carboxylic acids is 1. The molecule has 0 saturated carbocycles. The van der Waals surface area contributed by atoms with Crippen molar-refractivity contribution in [2.75, 3.05) is 32.9 Å². The number of unbranched alkanes of at least 4 members (excludes halogenated alkanes) is 1. The molecule has 0 aliphatic carbocycles. The lowest BCUT2D eigenvalue weighted by Gasteiger charge is -2.26. The number of nitrogens with zero attached hydrogens (tertiary/aromatic N) is 2. The Balaban J connectivity index is 2.01. The standard InChI is InChI=1S/C15H18N2O5S/c16-7-1-2-10-22-15(18)13-3-5-14(6-4-13)23(19,20)17-8-11-21-12-9-17/h3-6H,1-2,8-12H2. The highest BCUT2D eigenvalue weighted by Crippen LogP contribution is 2.18. The van der Waals surface area contributed by atoms with Gasteiger partial charge in [0.1, 0.15) is 0 Å². The second kappa shape index (κ2) is 8.06. The van der Waals surface area contributed by atoms with E-state index in [4.69, 9.17) is 14.7 Å². The molecular formula is C15H18N2O5S. The average Bonchev–Trinajstić information content (AvgIpc) is 2.59. The summed E-state index contributed by atoms with van der Waals surface area (Å²) in [6, 6.07) is 7.62. The molecule has 0 radical (unpaired) electrons. The van der Waals surface area contributed by atoms with E-state index in [0.717, 1.165) is 0 Å². The third-order valence-corrected chi connectivity index (χ3v) is 5.28. The van der Waals surface area contributed by atoms with E-state index in [9.17, 15) is 13.2 Å². The number of nitriles is 1. The van der Waals surface area contributed by atoms with Gasteiger partial charge in [0.2, 0.25) is 10.0 Å². The number of hydrogen-bond donors (Lipinski definition) is 0. The Labute approximate surface area is 135 Å². The van der Waals surface area contributed by atoms with E-state index in [-0.39, 0.29) is 17.1 Å². The summed E-state index contributed by atoms with van der Waals surface area (Å²) >= 11 is 0. The molecule has 124 valence electrons. The first-order valence-electron chi connectivity index (χ1n) is 7.28. The van der Waals surface area contributed by atoms with E-state index in [0.29, 0.717) is 39.1 Å². The van der Waals surface area contributed by atoms with Gasteiger partial charge < -0.3 is 9.47 Å². The zero-order valence-corrected chi connectivity index (χ0v) is 13.4. The highest BCUT2D eigenvalue weighted by molar-refractivity contribution is 7.89. The van der Waals surface area contributed by atoms with E-state index in [1.807, 2.05) is 6.07 Å². The quantitative estimate of drug-likeness (QED) is 0.570. The first kappa shape index (κ1) is 17.4. The Morgan fingerprint density at radius 3 is 2.52 bits per heavy atom. The molecule has 0 spiro atoms. The molecule has 7 nitrogen and oxygen atoms in total. The zero-order chi connectivity index (χ0) is 16.7. The molecule has 0 amide bonds. The van der Waals surface area contributed by atoms with Crippen LogP contribution in [0.2, 0.25) is 0 Å². The fourth-order valence-corrected chi connectivity index (χ4v) is 3.51. The molecular weight excluding hydrogens is 320 g/mol. The van der Waals surface area contributed by atoms with Crippen LogP contribution in [0.5, 0.6) is 0 Å². The summed E-state index contributed by atoms with van der Waals surface area (Å²) in [7, 11) is -3.56. The van der Waals surface area contributed by atoms with Gasteiger partial charge in [0.15, 0.2) is 0 Å². The summed E-state index contributed by atoms with van der Waals surface area (Å²) < 4.78 is 36.4. The third kappa shape index (κ3) is 4.51. The molecule has 0 unspecified atom stereocenters. The summed E-state index contributed by atoms with van der Waals surface area (Å²) in [6.45, 7) is 1.58. The van der Waals surface area contributed by atoms with Crippen LogP contribution in [0.25, 0.3) is 0 Å². The molecule has 1 heterocycles.